The van der Waals surface area contributed by atoms with Gasteiger partial charge in [0.15, 0.2) is 0 Å². The number of piperidine rings is 1. The van der Waals surface area contributed by atoms with Crippen molar-refractivity contribution in [2.75, 3.05) is 7.05 Å². The monoisotopic (exact) mass is 219 g/mol. The normalized spacial score (nSPS) is 28.9. The van der Waals surface area contributed by atoms with Crippen LogP contribution in [0.3, 0.4) is 0 Å². The molecule has 1 aromatic rings. The van der Waals surface area contributed by atoms with Gasteiger partial charge < -0.3 is 5.11 Å². The Morgan fingerprint density at radius 3 is 2.62 bits per heavy atom. The van der Waals surface area contributed by atoms with Crippen molar-refractivity contribution in [3.63, 3.8) is 0 Å². The minimum Gasteiger partial charge on any atom is -0.387 e. The third-order valence-corrected chi connectivity index (χ3v) is 3.85. The zero-order valence-electron chi connectivity index (χ0n) is 10.1. The van der Waals surface area contributed by atoms with Gasteiger partial charge in [-0.25, -0.2) is 0 Å². The number of likely N-dealkylation sites (N-methyl/N-ethyl adjacent to an activating group) is 1. The standard InChI is InChI=1S/C14H21NO/c1-11-7-6-10-13(15(11)2)14(16)12-8-4-3-5-9-12/h3-5,8-9,11,13-14,16H,6-7,10H2,1-2H3. The number of nitrogens with zero attached hydrogens (tertiary/aromatic N) is 1. The summed E-state index contributed by atoms with van der Waals surface area (Å²) in [4.78, 5) is 2.32. The van der Waals surface area contributed by atoms with E-state index in [9.17, 15) is 5.11 Å². The Bertz CT molecular complexity index is 325. The van der Waals surface area contributed by atoms with E-state index in [1.54, 1.807) is 0 Å². The van der Waals surface area contributed by atoms with Crippen LogP contribution in [0, 0.1) is 0 Å². The van der Waals surface area contributed by atoms with Gasteiger partial charge in [0.2, 0.25) is 0 Å². The molecule has 1 aliphatic heterocycles. The molecule has 0 bridgehead atoms. The van der Waals surface area contributed by atoms with Gasteiger partial charge in [0, 0.05) is 12.1 Å². The SMILES string of the molecule is CC1CCCC(C(O)c2ccccc2)N1C. The van der Waals surface area contributed by atoms with E-state index < -0.39 is 0 Å². The average Bonchev–Trinajstić information content (AvgIpc) is 2.33. The molecule has 1 heterocycles. The van der Waals surface area contributed by atoms with E-state index >= 15 is 0 Å². The molecular weight excluding hydrogens is 198 g/mol. The second kappa shape index (κ2) is 4.98. The van der Waals surface area contributed by atoms with E-state index in [2.05, 4.69) is 18.9 Å². The zero-order valence-corrected chi connectivity index (χ0v) is 10.1. The van der Waals surface area contributed by atoms with Crippen LogP contribution in [0.1, 0.15) is 37.9 Å². The molecule has 2 heteroatoms. The minimum atomic E-state index is -0.353. The topological polar surface area (TPSA) is 23.5 Å². The molecule has 1 saturated heterocycles. The van der Waals surface area contributed by atoms with Crippen molar-refractivity contribution in [2.24, 2.45) is 0 Å². The zero-order chi connectivity index (χ0) is 11.5. The summed E-state index contributed by atoms with van der Waals surface area (Å²) < 4.78 is 0. The van der Waals surface area contributed by atoms with E-state index in [-0.39, 0.29) is 12.1 Å². The lowest BCUT2D eigenvalue weighted by atomic mass is 9.90. The summed E-state index contributed by atoms with van der Waals surface area (Å²) in [5, 5.41) is 10.4. The highest BCUT2D eigenvalue weighted by atomic mass is 16.3. The molecule has 88 valence electrons. The fraction of sp³-hybridized carbons (Fsp3) is 0.571. The number of hydrogen-bond donors (Lipinski definition) is 1. The third-order valence-electron chi connectivity index (χ3n) is 3.85. The van der Waals surface area contributed by atoms with Crippen molar-refractivity contribution in [3.8, 4) is 0 Å². The molecule has 0 aliphatic carbocycles. The maximum absolute atomic E-state index is 10.4. The number of aliphatic hydroxyl groups excluding tert-OH is 1. The summed E-state index contributed by atoms with van der Waals surface area (Å²) in [6, 6.07) is 10.8. The number of likely N-dealkylation sites (tertiary alicyclic amines) is 1. The van der Waals surface area contributed by atoms with Crippen molar-refractivity contribution in [1.82, 2.24) is 4.90 Å². The Hall–Kier alpha value is -0.860. The lowest BCUT2D eigenvalue weighted by Crippen LogP contribution is -2.45. The average molecular weight is 219 g/mol. The lowest BCUT2D eigenvalue weighted by molar-refractivity contribution is 0.0156. The molecular formula is C14H21NO. The Morgan fingerprint density at radius 1 is 1.25 bits per heavy atom. The lowest BCUT2D eigenvalue weighted by Gasteiger charge is -2.40. The second-order valence-corrected chi connectivity index (χ2v) is 4.87. The summed E-state index contributed by atoms with van der Waals surface area (Å²) in [5.74, 6) is 0. The molecule has 2 nitrogen and oxygen atoms in total. The van der Waals surface area contributed by atoms with Gasteiger partial charge in [-0.15, -0.1) is 0 Å². The Balaban J connectivity index is 2.12. The quantitative estimate of drug-likeness (QED) is 0.826. The highest BCUT2D eigenvalue weighted by molar-refractivity contribution is 5.19. The van der Waals surface area contributed by atoms with Crippen LogP contribution in [0.5, 0.6) is 0 Å². The number of benzene rings is 1. The van der Waals surface area contributed by atoms with Crippen molar-refractivity contribution in [1.29, 1.82) is 0 Å². The Kier molecular flexibility index (Phi) is 3.62. The number of hydrogen-bond acceptors (Lipinski definition) is 2. The van der Waals surface area contributed by atoms with E-state index in [1.165, 1.54) is 12.8 Å². The van der Waals surface area contributed by atoms with Gasteiger partial charge in [-0.1, -0.05) is 36.8 Å². The maximum Gasteiger partial charge on any atom is 0.0945 e. The van der Waals surface area contributed by atoms with E-state index in [1.807, 2.05) is 30.3 Å². The van der Waals surface area contributed by atoms with Gasteiger partial charge in [0.25, 0.3) is 0 Å². The van der Waals surface area contributed by atoms with E-state index in [0.717, 1.165) is 12.0 Å². The summed E-state index contributed by atoms with van der Waals surface area (Å²) in [6.45, 7) is 2.24. The number of aliphatic hydroxyl groups is 1. The van der Waals surface area contributed by atoms with Crippen LogP contribution in [0.25, 0.3) is 0 Å². The van der Waals surface area contributed by atoms with Crippen LogP contribution in [0.2, 0.25) is 0 Å². The van der Waals surface area contributed by atoms with Gasteiger partial charge in [-0.3, -0.25) is 4.90 Å². The predicted molar refractivity (Wildman–Crippen MR) is 66.3 cm³/mol. The minimum absolute atomic E-state index is 0.270. The molecule has 0 aromatic heterocycles. The van der Waals surface area contributed by atoms with Gasteiger partial charge in [-0.05, 0) is 32.4 Å². The first-order valence-electron chi connectivity index (χ1n) is 6.15. The molecule has 3 unspecified atom stereocenters. The van der Waals surface area contributed by atoms with Crippen LogP contribution in [-0.2, 0) is 0 Å². The van der Waals surface area contributed by atoms with E-state index in [4.69, 9.17) is 0 Å². The van der Waals surface area contributed by atoms with Gasteiger partial charge >= 0.3 is 0 Å². The molecule has 0 radical (unpaired) electrons. The van der Waals surface area contributed by atoms with Crippen LogP contribution < -0.4 is 0 Å². The van der Waals surface area contributed by atoms with Crippen LogP contribution in [-0.4, -0.2) is 29.1 Å². The fourth-order valence-electron chi connectivity index (χ4n) is 2.61. The second-order valence-electron chi connectivity index (χ2n) is 4.87. The van der Waals surface area contributed by atoms with Gasteiger partial charge in [-0.2, -0.15) is 0 Å². The Labute approximate surface area is 97.9 Å². The highest BCUT2D eigenvalue weighted by Crippen LogP contribution is 2.30. The fourth-order valence-corrected chi connectivity index (χ4v) is 2.61. The highest BCUT2D eigenvalue weighted by Gasteiger charge is 2.30. The molecule has 1 N–H and O–H groups in total. The first kappa shape index (κ1) is 11.6. The molecule has 3 atom stereocenters. The molecule has 0 saturated carbocycles. The molecule has 1 fully saturated rings. The van der Waals surface area contributed by atoms with Crippen molar-refractivity contribution >= 4 is 0 Å². The smallest absolute Gasteiger partial charge is 0.0945 e. The molecule has 16 heavy (non-hydrogen) atoms. The van der Waals surface area contributed by atoms with Crippen molar-refractivity contribution in [3.05, 3.63) is 35.9 Å². The van der Waals surface area contributed by atoms with Crippen LogP contribution in [0.4, 0.5) is 0 Å². The summed E-state index contributed by atoms with van der Waals surface area (Å²) >= 11 is 0. The molecule has 0 spiro atoms. The molecule has 1 aliphatic rings. The molecule has 1 aromatic carbocycles. The summed E-state index contributed by atoms with van der Waals surface area (Å²) in [5.41, 5.74) is 1.04. The molecule has 2 rings (SSSR count). The van der Waals surface area contributed by atoms with Crippen molar-refractivity contribution < 1.29 is 5.11 Å². The Morgan fingerprint density at radius 2 is 1.94 bits per heavy atom. The van der Waals surface area contributed by atoms with Crippen LogP contribution >= 0.6 is 0 Å². The summed E-state index contributed by atoms with van der Waals surface area (Å²) in [7, 11) is 2.13. The largest absolute Gasteiger partial charge is 0.387 e. The summed E-state index contributed by atoms with van der Waals surface area (Å²) in [6.07, 6.45) is 3.21. The number of rotatable bonds is 2. The third kappa shape index (κ3) is 2.28. The van der Waals surface area contributed by atoms with Crippen molar-refractivity contribution in [2.45, 2.75) is 44.4 Å². The van der Waals surface area contributed by atoms with Gasteiger partial charge in [0.05, 0.1) is 6.10 Å². The van der Waals surface area contributed by atoms with Crippen LogP contribution in [0.15, 0.2) is 30.3 Å². The first-order valence-corrected chi connectivity index (χ1v) is 6.15. The first-order chi connectivity index (χ1) is 7.70. The molecule has 0 amide bonds. The predicted octanol–water partition coefficient (Wildman–Crippen LogP) is 2.59. The maximum atomic E-state index is 10.4. The van der Waals surface area contributed by atoms with E-state index in [0.29, 0.717) is 6.04 Å². The van der Waals surface area contributed by atoms with Gasteiger partial charge in [0.1, 0.15) is 0 Å².